The van der Waals surface area contributed by atoms with E-state index in [4.69, 9.17) is 0 Å². The fourth-order valence-corrected chi connectivity index (χ4v) is 2.12. The number of rotatable bonds is 4. The maximum Gasteiger partial charge on any atom is 0 e. The molecule has 0 bridgehead atoms. The Morgan fingerprint density at radius 2 is 1.29 bits per heavy atom. The van der Waals surface area contributed by atoms with Gasteiger partial charge in [0.2, 0.25) is 0 Å². The summed E-state index contributed by atoms with van der Waals surface area (Å²) in [7, 11) is 0. The Bertz CT molecular complexity index is 275. The molecule has 0 unspecified atom stereocenters. The first-order valence-corrected chi connectivity index (χ1v) is 6.45. The standard InChI is InChI=1S/C16H24.Ru/c1-3-5-11-15-13-9-7-8-10-14-16(15)12-6-4-2;/h3-8H,9-14H2,1-2H3;. The summed E-state index contributed by atoms with van der Waals surface area (Å²) in [6.07, 6.45) is 20.8. The Balaban J connectivity index is 0.00000256. The van der Waals surface area contributed by atoms with Crippen molar-refractivity contribution in [3.05, 3.63) is 47.6 Å². The Labute approximate surface area is 119 Å². The van der Waals surface area contributed by atoms with E-state index in [1.807, 2.05) is 0 Å². The summed E-state index contributed by atoms with van der Waals surface area (Å²) in [6, 6.07) is 0. The third-order valence-electron chi connectivity index (χ3n) is 3.09. The van der Waals surface area contributed by atoms with Crippen LogP contribution in [0.5, 0.6) is 0 Å². The van der Waals surface area contributed by atoms with E-state index >= 15 is 0 Å². The average molecular weight is 317 g/mol. The van der Waals surface area contributed by atoms with Gasteiger partial charge in [0.15, 0.2) is 0 Å². The van der Waals surface area contributed by atoms with Crippen LogP contribution in [0.1, 0.15) is 52.4 Å². The van der Waals surface area contributed by atoms with Gasteiger partial charge < -0.3 is 0 Å². The van der Waals surface area contributed by atoms with Crippen molar-refractivity contribution in [1.82, 2.24) is 0 Å². The van der Waals surface area contributed by atoms with Gasteiger partial charge in [-0.3, -0.25) is 0 Å². The predicted molar refractivity (Wildman–Crippen MR) is 73.5 cm³/mol. The molecular weight excluding hydrogens is 293 g/mol. The molecule has 0 amide bonds. The third-order valence-corrected chi connectivity index (χ3v) is 3.09. The molecule has 0 spiro atoms. The molecule has 0 aliphatic heterocycles. The molecule has 0 radical (unpaired) electrons. The van der Waals surface area contributed by atoms with E-state index < -0.39 is 0 Å². The summed E-state index contributed by atoms with van der Waals surface area (Å²) < 4.78 is 0. The van der Waals surface area contributed by atoms with Gasteiger partial charge in [-0.05, 0) is 52.4 Å². The Morgan fingerprint density at radius 1 is 0.882 bits per heavy atom. The van der Waals surface area contributed by atoms with Crippen molar-refractivity contribution < 1.29 is 19.5 Å². The summed E-state index contributed by atoms with van der Waals surface area (Å²) in [5.41, 5.74) is 3.33. The van der Waals surface area contributed by atoms with E-state index in [-0.39, 0.29) is 19.5 Å². The van der Waals surface area contributed by atoms with Crippen molar-refractivity contribution in [3.63, 3.8) is 0 Å². The molecule has 1 aliphatic rings. The van der Waals surface area contributed by atoms with Gasteiger partial charge in [0, 0.05) is 19.5 Å². The Morgan fingerprint density at radius 3 is 1.65 bits per heavy atom. The molecule has 96 valence electrons. The van der Waals surface area contributed by atoms with Crippen LogP contribution in [0.4, 0.5) is 0 Å². The molecule has 0 fully saturated rings. The fraction of sp³-hybridized carbons (Fsp3) is 0.500. The van der Waals surface area contributed by atoms with Gasteiger partial charge in [0.25, 0.3) is 0 Å². The maximum absolute atomic E-state index is 2.34. The molecular formula is C16H24Ru. The van der Waals surface area contributed by atoms with Crippen LogP contribution >= 0.6 is 0 Å². The maximum atomic E-state index is 2.34. The van der Waals surface area contributed by atoms with Crippen molar-refractivity contribution in [1.29, 1.82) is 0 Å². The van der Waals surface area contributed by atoms with Crippen LogP contribution in [-0.2, 0) is 19.5 Å². The molecule has 0 saturated heterocycles. The molecule has 1 rings (SSSR count). The first-order valence-electron chi connectivity index (χ1n) is 6.45. The second-order valence-electron chi connectivity index (χ2n) is 4.30. The minimum absolute atomic E-state index is 0. The van der Waals surface area contributed by atoms with Gasteiger partial charge in [0.05, 0.1) is 0 Å². The SMILES string of the molecule is CC=CCC1=C(CC=CC)CCC=CCC1.[Ru]. The van der Waals surface area contributed by atoms with Gasteiger partial charge in [0.1, 0.15) is 0 Å². The second kappa shape index (κ2) is 10.7. The molecule has 0 aromatic heterocycles. The van der Waals surface area contributed by atoms with E-state index in [0.29, 0.717) is 0 Å². The molecule has 0 aromatic rings. The van der Waals surface area contributed by atoms with Crippen LogP contribution in [0.15, 0.2) is 47.6 Å². The molecule has 0 aromatic carbocycles. The fourth-order valence-electron chi connectivity index (χ4n) is 2.12. The molecule has 0 atom stereocenters. The zero-order valence-corrected chi connectivity index (χ0v) is 12.8. The molecule has 0 saturated carbocycles. The quantitative estimate of drug-likeness (QED) is 0.485. The van der Waals surface area contributed by atoms with Crippen LogP contribution in [0.2, 0.25) is 0 Å². The van der Waals surface area contributed by atoms with Gasteiger partial charge in [-0.25, -0.2) is 0 Å². The van der Waals surface area contributed by atoms with Crippen LogP contribution in [0.3, 0.4) is 0 Å². The summed E-state index contributed by atoms with van der Waals surface area (Å²) in [6.45, 7) is 4.21. The predicted octanol–water partition coefficient (Wildman–Crippen LogP) is 5.34. The van der Waals surface area contributed by atoms with Crippen molar-refractivity contribution in [2.75, 3.05) is 0 Å². The molecule has 17 heavy (non-hydrogen) atoms. The van der Waals surface area contributed by atoms with Crippen LogP contribution in [0, 0.1) is 0 Å². The first-order chi connectivity index (χ1) is 7.88. The number of hydrogen-bond acceptors (Lipinski definition) is 0. The normalized spacial score (nSPS) is 17.3. The molecule has 0 heterocycles. The van der Waals surface area contributed by atoms with Crippen molar-refractivity contribution in [3.8, 4) is 0 Å². The van der Waals surface area contributed by atoms with Crippen LogP contribution < -0.4 is 0 Å². The molecule has 0 nitrogen and oxygen atoms in total. The third kappa shape index (κ3) is 6.79. The smallest absolute Gasteiger partial charge is 0 e. The van der Waals surface area contributed by atoms with Gasteiger partial charge in [-0.2, -0.15) is 0 Å². The first kappa shape index (κ1) is 16.6. The van der Waals surface area contributed by atoms with E-state index in [9.17, 15) is 0 Å². The monoisotopic (exact) mass is 318 g/mol. The average Bonchev–Trinajstić information content (AvgIpc) is 2.27. The van der Waals surface area contributed by atoms with Gasteiger partial charge in [-0.15, -0.1) is 0 Å². The van der Waals surface area contributed by atoms with E-state index in [1.54, 1.807) is 11.1 Å². The number of hydrogen-bond donors (Lipinski definition) is 0. The minimum atomic E-state index is 0. The molecule has 1 aliphatic carbocycles. The molecule has 0 N–H and O–H groups in total. The van der Waals surface area contributed by atoms with Gasteiger partial charge >= 0.3 is 0 Å². The summed E-state index contributed by atoms with van der Waals surface area (Å²) in [5, 5.41) is 0. The van der Waals surface area contributed by atoms with Crippen LogP contribution in [0.25, 0.3) is 0 Å². The van der Waals surface area contributed by atoms with E-state index in [2.05, 4.69) is 50.3 Å². The number of allylic oxidation sites excluding steroid dienone is 8. The Hall–Kier alpha value is -0.417. The second-order valence-corrected chi connectivity index (χ2v) is 4.30. The van der Waals surface area contributed by atoms with Crippen molar-refractivity contribution >= 4 is 0 Å². The van der Waals surface area contributed by atoms with Crippen molar-refractivity contribution in [2.24, 2.45) is 0 Å². The Kier molecular flexibility index (Phi) is 10.5. The summed E-state index contributed by atoms with van der Waals surface area (Å²) in [5.74, 6) is 0. The van der Waals surface area contributed by atoms with E-state index in [0.717, 1.165) is 12.8 Å². The summed E-state index contributed by atoms with van der Waals surface area (Å²) in [4.78, 5) is 0. The minimum Gasteiger partial charge on any atom is -0.0913 e. The molecule has 1 heteroatoms. The van der Waals surface area contributed by atoms with Gasteiger partial charge in [-0.1, -0.05) is 47.6 Å². The zero-order chi connectivity index (χ0) is 11.6. The largest absolute Gasteiger partial charge is 0.0913 e. The van der Waals surface area contributed by atoms with Crippen molar-refractivity contribution in [2.45, 2.75) is 52.4 Å². The topological polar surface area (TPSA) is 0 Å². The zero-order valence-electron chi connectivity index (χ0n) is 11.1. The summed E-state index contributed by atoms with van der Waals surface area (Å²) >= 11 is 0. The van der Waals surface area contributed by atoms with Crippen LogP contribution in [-0.4, -0.2) is 0 Å². The van der Waals surface area contributed by atoms with E-state index in [1.165, 1.54) is 25.7 Å².